The molecular formula is C21H21N3O4S. The molecule has 150 valence electrons. The second-order valence-corrected chi connectivity index (χ2v) is 7.74. The molecule has 2 heterocycles. The van der Waals surface area contributed by atoms with Gasteiger partial charge >= 0.3 is 0 Å². The Hall–Kier alpha value is -3.00. The number of thioether (sulfide) groups is 1. The van der Waals surface area contributed by atoms with Crippen LogP contribution in [0.25, 0.3) is 0 Å². The highest BCUT2D eigenvalue weighted by molar-refractivity contribution is 8.00. The van der Waals surface area contributed by atoms with Gasteiger partial charge in [-0.25, -0.2) is 0 Å². The summed E-state index contributed by atoms with van der Waals surface area (Å²) in [4.78, 5) is 14.6. The summed E-state index contributed by atoms with van der Waals surface area (Å²) in [7, 11) is 0. The number of hydrogen-bond acceptors (Lipinski definition) is 7. The molecule has 0 radical (unpaired) electrons. The number of para-hydroxylation sites is 3. The monoisotopic (exact) mass is 411 g/mol. The van der Waals surface area contributed by atoms with Crippen molar-refractivity contribution in [3.8, 4) is 11.5 Å². The molecule has 0 bridgehead atoms. The van der Waals surface area contributed by atoms with Crippen molar-refractivity contribution in [1.29, 1.82) is 0 Å². The number of aromatic nitrogens is 2. The zero-order chi connectivity index (χ0) is 20.2. The normalized spacial score (nSPS) is 16.3. The molecule has 29 heavy (non-hydrogen) atoms. The molecule has 7 nitrogen and oxygen atoms in total. The zero-order valence-corrected chi connectivity index (χ0v) is 17.0. The van der Waals surface area contributed by atoms with Gasteiger partial charge in [0.2, 0.25) is 12.0 Å². The lowest BCUT2D eigenvalue weighted by atomic mass is 10.2. The highest BCUT2D eigenvalue weighted by atomic mass is 32.2. The second-order valence-electron chi connectivity index (χ2n) is 6.45. The van der Waals surface area contributed by atoms with Crippen molar-refractivity contribution in [1.82, 2.24) is 10.2 Å². The van der Waals surface area contributed by atoms with Gasteiger partial charge in [-0.15, -0.1) is 10.2 Å². The van der Waals surface area contributed by atoms with Gasteiger partial charge in [0.1, 0.15) is 6.61 Å². The number of fused-ring (bicyclic) bond motifs is 1. The van der Waals surface area contributed by atoms with Crippen LogP contribution < -0.4 is 14.4 Å². The van der Waals surface area contributed by atoms with E-state index >= 15 is 0 Å². The predicted octanol–water partition coefficient (Wildman–Crippen LogP) is 4.12. The van der Waals surface area contributed by atoms with Crippen LogP contribution in [-0.2, 0) is 4.79 Å². The van der Waals surface area contributed by atoms with E-state index in [0.717, 1.165) is 5.69 Å². The molecule has 0 aliphatic carbocycles. The lowest BCUT2D eigenvalue weighted by Gasteiger charge is -2.24. The van der Waals surface area contributed by atoms with Gasteiger partial charge < -0.3 is 18.8 Å². The Balaban J connectivity index is 1.42. The van der Waals surface area contributed by atoms with Crippen molar-refractivity contribution in [2.24, 2.45) is 0 Å². The van der Waals surface area contributed by atoms with Crippen LogP contribution in [0.1, 0.15) is 25.8 Å². The van der Waals surface area contributed by atoms with E-state index in [9.17, 15) is 4.79 Å². The van der Waals surface area contributed by atoms with E-state index in [1.54, 1.807) is 4.90 Å². The van der Waals surface area contributed by atoms with Gasteiger partial charge in [0.15, 0.2) is 11.5 Å². The highest BCUT2D eigenvalue weighted by Crippen LogP contribution is 2.36. The Morgan fingerprint density at radius 3 is 2.62 bits per heavy atom. The first kappa shape index (κ1) is 19.3. The highest BCUT2D eigenvalue weighted by Gasteiger charge is 2.29. The summed E-state index contributed by atoms with van der Waals surface area (Å²) in [5.74, 6) is 1.64. The first-order valence-electron chi connectivity index (χ1n) is 9.40. The summed E-state index contributed by atoms with van der Waals surface area (Å²) >= 11 is 1.23. The molecule has 1 aromatic heterocycles. The molecule has 0 spiro atoms. The third-order valence-electron chi connectivity index (χ3n) is 4.48. The number of carbonyl (C=O) groups excluding carboxylic acids is 1. The Bertz CT molecular complexity index is 979. The number of ether oxygens (including phenoxy) is 2. The molecule has 3 aromatic rings. The fourth-order valence-corrected chi connectivity index (χ4v) is 3.79. The van der Waals surface area contributed by atoms with Crippen LogP contribution in [0.3, 0.4) is 0 Å². The predicted molar refractivity (Wildman–Crippen MR) is 109 cm³/mol. The minimum atomic E-state index is -0.478. The molecule has 0 unspecified atom stereocenters. The standard InChI is InChI=1S/C21H21N3O4S/c1-3-24(15-9-5-4-6-10-15)20(25)14(2)29-21-23-22-19(28-21)18-13-26-16-11-7-8-12-17(16)27-18/h4-12,14,18H,3,13H2,1-2H3/t14-,18+/m1/s1. The number of carbonyl (C=O) groups is 1. The Morgan fingerprint density at radius 2 is 1.86 bits per heavy atom. The van der Waals surface area contributed by atoms with Crippen LogP contribution in [0.2, 0.25) is 0 Å². The Kier molecular flexibility index (Phi) is 5.71. The average molecular weight is 411 g/mol. The van der Waals surface area contributed by atoms with Crippen molar-refractivity contribution < 1.29 is 18.7 Å². The first-order chi connectivity index (χ1) is 14.2. The molecule has 1 aliphatic rings. The van der Waals surface area contributed by atoms with Gasteiger partial charge in [0, 0.05) is 12.2 Å². The summed E-state index contributed by atoms with van der Waals surface area (Å²) in [6, 6.07) is 17.0. The lowest BCUT2D eigenvalue weighted by Crippen LogP contribution is -2.36. The minimum absolute atomic E-state index is 0.0189. The third-order valence-corrected chi connectivity index (χ3v) is 5.40. The number of anilines is 1. The SMILES string of the molecule is CCN(C(=O)[C@@H](C)Sc1nnc([C@@H]2COc3ccccc3O2)o1)c1ccccc1. The van der Waals surface area contributed by atoms with E-state index in [4.69, 9.17) is 13.9 Å². The number of amides is 1. The van der Waals surface area contributed by atoms with Gasteiger partial charge in [0.25, 0.3) is 11.1 Å². The smallest absolute Gasteiger partial charge is 0.277 e. The van der Waals surface area contributed by atoms with Crippen LogP contribution in [0.4, 0.5) is 5.69 Å². The van der Waals surface area contributed by atoms with Gasteiger partial charge in [-0.05, 0) is 38.1 Å². The van der Waals surface area contributed by atoms with Crippen LogP contribution in [-0.4, -0.2) is 34.5 Å². The van der Waals surface area contributed by atoms with E-state index in [1.165, 1.54) is 11.8 Å². The average Bonchev–Trinajstić information content (AvgIpc) is 3.23. The van der Waals surface area contributed by atoms with E-state index in [0.29, 0.717) is 29.2 Å². The summed E-state index contributed by atoms with van der Waals surface area (Å²) in [6.45, 7) is 4.65. The topological polar surface area (TPSA) is 77.7 Å². The Labute approximate surface area is 173 Å². The van der Waals surface area contributed by atoms with Crippen molar-refractivity contribution in [3.63, 3.8) is 0 Å². The zero-order valence-electron chi connectivity index (χ0n) is 16.1. The fourth-order valence-electron chi connectivity index (χ4n) is 3.03. The molecular weight excluding hydrogens is 390 g/mol. The number of rotatable bonds is 6. The molecule has 0 saturated heterocycles. The summed E-state index contributed by atoms with van der Waals surface area (Å²) < 4.78 is 17.3. The minimum Gasteiger partial charge on any atom is -0.485 e. The molecule has 2 atom stereocenters. The molecule has 4 rings (SSSR count). The molecule has 8 heteroatoms. The van der Waals surface area contributed by atoms with Crippen molar-refractivity contribution in [2.45, 2.75) is 30.4 Å². The van der Waals surface area contributed by atoms with Crippen LogP contribution >= 0.6 is 11.8 Å². The largest absolute Gasteiger partial charge is 0.485 e. The van der Waals surface area contributed by atoms with Gasteiger partial charge in [-0.2, -0.15) is 0 Å². The first-order valence-corrected chi connectivity index (χ1v) is 10.3. The van der Waals surface area contributed by atoms with Crippen molar-refractivity contribution in [2.75, 3.05) is 18.1 Å². The van der Waals surface area contributed by atoms with Crippen molar-refractivity contribution >= 4 is 23.4 Å². The molecule has 0 fully saturated rings. The molecule has 0 N–H and O–H groups in total. The van der Waals surface area contributed by atoms with Gasteiger partial charge in [-0.1, -0.05) is 42.1 Å². The maximum Gasteiger partial charge on any atom is 0.277 e. The van der Waals surface area contributed by atoms with E-state index in [1.807, 2.05) is 68.4 Å². The second kappa shape index (κ2) is 8.57. The van der Waals surface area contributed by atoms with Crippen molar-refractivity contribution in [3.05, 3.63) is 60.5 Å². The van der Waals surface area contributed by atoms with E-state index in [-0.39, 0.29) is 17.8 Å². The number of benzene rings is 2. The van der Waals surface area contributed by atoms with Crippen LogP contribution in [0.15, 0.2) is 64.2 Å². The third kappa shape index (κ3) is 4.22. The maximum atomic E-state index is 12.9. The molecule has 0 saturated carbocycles. The molecule has 2 aromatic carbocycles. The molecule has 1 amide bonds. The number of nitrogens with zero attached hydrogens (tertiary/aromatic N) is 3. The maximum absolute atomic E-state index is 12.9. The quantitative estimate of drug-likeness (QED) is 0.565. The number of hydrogen-bond donors (Lipinski definition) is 0. The van der Waals surface area contributed by atoms with Gasteiger partial charge in [-0.3, -0.25) is 4.79 Å². The lowest BCUT2D eigenvalue weighted by molar-refractivity contribution is -0.117. The van der Waals surface area contributed by atoms with Crippen LogP contribution in [0.5, 0.6) is 11.5 Å². The van der Waals surface area contributed by atoms with E-state index in [2.05, 4.69) is 10.2 Å². The van der Waals surface area contributed by atoms with Gasteiger partial charge in [0.05, 0.1) is 5.25 Å². The van der Waals surface area contributed by atoms with E-state index < -0.39 is 6.10 Å². The summed E-state index contributed by atoms with van der Waals surface area (Å²) in [6.07, 6.45) is -0.478. The fraction of sp³-hybridized carbons (Fsp3) is 0.286. The van der Waals surface area contributed by atoms with Crippen LogP contribution in [0, 0.1) is 0 Å². The Morgan fingerprint density at radius 1 is 1.14 bits per heavy atom. The molecule has 1 aliphatic heterocycles. The summed E-state index contributed by atoms with van der Waals surface area (Å²) in [5, 5.41) is 8.09. The summed E-state index contributed by atoms with van der Waals surface area (Å²) in [5.41, 5.74) is 0.866.